The quantitative estimate of drug-likeness (QED) is 0.202. The molecule has 0 unspecified atom stereocenters. The molecular formula is C20H16BrClN4O6S. The first-order valence-corrected chi connectivity index (χ1v) is 11.7. The number of sulfonamides is 1. The number of nitro groups is 1. The predicted octanol–water partition coefficient (Wildman–Crippen LogP) is 4.97. The summed E-state index contributed by atoms with van der Waals surface area (Å²) in [6, 6.07) is 12.3. The van der Waals surface area contributed by atoms with Crippen LogP contribution in [0.5, 0.6) is 11.5 Å². The van der Waals surface area contributed by atoms with Gasteiger partial charge in [0.15, 0.2) is 11.5 Å². The molecule has 172 valence electrons. The molecule has 13 heteroatoms. The normalized spacial score (nSPS) is 11.4. The Balaban J connectivity index is 1.94. The lowest BCUT2D eigenvalue weighted by Crippen LogP contribution is -2.15. The molecule has 0 aliphatic carbocycles. The van der Waals surface area contributed by atoms with Crippen molar-refractivity contribution in [1.29, 1.82) is 0 Å². The van der Waals surface area contributed by atoms with E-state index in [2.05, 4.69) is 31.2 Å². The fourth-order valence-corrected chi connectivity index (χ4v) is 4.49. The van der Waals surface area contributed by atoms with Gasteiger partial charge in [0.25, 0.3) is 15.7 Å². The largest absolute Gasteiger partial charge is 0.503 e. The van der Waals surface area contributed by atoms with Gasteiger partial charge in [-0.2, -0.15) is 5.10 Å². The van der Waals surface area contributed by atoms with Crippen LogP contribution in [-0.4, -0.2) is 31.8 Å². The maximum absolute atomic E-state index is 13.0. The van der Waals surface area contributed by atoms with Gasteiger partial charge in [-0.15, -0.1) is 0 Å². The Hall–Kier alpha value is -3.35. The highest BCUT2D eigenvalue weighted by Gasteiger charge is 2.22. The molecule has 0 atom stereocenters. The summed E-state index contributed by atoms with van der Waals surface area (Å²) >= 11 is 9.02. The molecule has 0 heterocycles. The van der Waals surface area contributed by atoms with Crippen molar-refractivity contribution in [2.75, 3.05) is 17.3 Å². The minimum atomic E-state index is -4.23. The summed E-state index contributed by atoms with van der Waals surface area (Å²) in [5.41, 5.74) is 2.93. The average Bonchev–Trinajstić information content (AvgIpc) is 2.77. The number of anilines is 2. The number of non-ortho nitro benzene ring substituents is 1. The van der Waals surface area contributed by atoms with Crippen LogP contribution < -0.4 is 14.9 Å². The van der Waals surface area contributed by atoms with Crippen LogP contribution in [0.1, 0.15) is 5.56 Å². The number of halogens is 2. The molecule has 0 spiro atoms. The zero-order valence-electron chi connectivity index (χ0n) is 16.8. The van der Waals surface area contributed by atoms with Gasteiger partial charge in [0, 0.05) is 22.8 Å². The maximum Gasteiger partial charge on any atom is 0.270 e. The number of phenolic OH excluding ortho intramolecular Hbond substituents is 1. The SMILES string of the molecule is COc1cc(C=NNc2ccc([N+](=O)[O-])cc2S(=O)(=O)Nc2ccc(Cl)cc2)cc(Br)c1O. The molecule has 10 nitrogen and oxygen atoms in total. The van der Waals surface area contributed by atoms with Gasteiger partial charge in [0.05, 0.1) is 28.4 Å². The van der Waals surface area contributed by atoms with Gasteiger partial charge in [0.1, 0.15) is 4.90 Å². The van der Waals surface area contributed by atoms with Crippen molar-refractivity contribution in [2.24, 2.45) is 5.10 Å². The monoisotopic (exact) mass is 554 g/mol. The summed E-state index contributed by atoms with van der Waals surface area (Å²) < 4.78 is 33.7. The fourth-order valence-electron chi connectivity index (χ4n) is 2.67. The van der Waals surface area contributed by atoms with Crippen molar-refractivity contribution >= 4 is 60.8 Å². The molecule has 0 aliphatic heterocycles. The highest BCUT2D eigenvalue weighted by Crippen LogP contribution is 2.35. The standard InChI is InChI=1S/C20H16BrClN4O6S/c1-32-18-9-12(8-16(21)20(18)27)11-23-24-17-7-6-15(26(28)29)10-19(17)33(30,31)25-14-4-2-13(22)3-5-14/h2-11,24-25,27H,1H3. The van der Waals surface area contributed by atoms with Crippen LogP contribution in [0, 0.1) is 10.1 Å². The smallest absolute Gasteiger partial charge is 0.270 e. The van der Waals surface area contributed by atoms with Crippen molar-refractivity contribution in [1.82, 2.24) is 0 Å². The molecule has 0 saturated heterocycles. The number of nitrogens with one attached hydrogen (secondary N) is 2. The van der Waals surface area contributed by atoms with E-state index in [4.69, 9.17) is 16.3 Å². The van der Waals surface area contributed by atoms with E-state index in [1.165, 1.54) is 49.7 Å². The molecule has 0 fully saturated rings. The molecule has 33 heavy (non-hydrogen) atoms. The third kappa shape index (κ3) is 5.92. The van der Waals surface area contributed by atoms with E-state index < -0.39 is 20.6 Å². The molecule has 0 radical (unpaired) electrons. The van der Waals surface area contributed by atoms with Crippen LogP contribution in [0.25, 0.3) is 0 Å². The number of rotatable bonds is 8. The second-order valence-electron chi connectivity index (χ2n) is 6.47. The predicted molar refractivity (Wildman–Crippen MR) is 129 cm³/mol. The highest BCUT2D eigenvalue weighted by atomic mass is 79.9. The van der Waals surface area contributed by atoms with Gasteiger partial charge < -0.3 is 9.84 Å². The number of nitro benzene ring substituents is 1. The molecule has 3 rings (SSSR count). The van der Waals surface area contributed by atoms with Crippen LogP contribution in [0.15, 0.2) is 69.1 Å². The van der Waals surface area contributed by atoms with E-state index >= 15 is 0 Å². The van der Waals surface area contributed by atoms with Gasteiger partial charge in [-0.25, -0.2) is 8.42 Å². The van der Waals surface area contributed by atoms with E-state index in [-0.39, 0.29) is 27.8 Å². The summed E-state index contributed by atoms with van der Waals surface area (Å²) in [6.07, 6.45) is 1.36. The van der Waals surface area contributed by atoms with Crippen molar-refractivity contribution < 1.29 is 23.2 Å². The van der Waals surface area contributed by atoms with Crippen LogP contribution in [0.2, 0.25) is 5.02 Å². The van der Waals surface area contributed by atoms with E-state index in [9.17, 15) is 23.6 Å². The first kappa shape index (κ1) is 24.3. The number of methoxy groups -OCH3 is 1. The van der Waals surface area contributed by atoms with Gasteiger partial charge >= 0.3 is 0 Å². The summed E-state index contributed by atoms with van der Waals surface area (Å²) in [4.78, 5) is 10.1. The van der Waals surface area contributed by atoms with Crippen LogP contribution in [0.3, 0.4) is 0 Å². The summed E-state index contributed by atoms with van der Waals surface area (Å²) in [7, 11) is -2.83. The Kier molecular flexibility index (Phi) is 7.41. The van der Waals surface area contributed by atoms with Crippen molar-refractivity contribution in [3.63, 3.8) is 0 Å². The number of benzene rings is 3. The molecule has 0 saturated carbocycles. The number of aromatic hydroxyl groups is 1. The number of hydrogen-bond donors (Lipinski definition) is 3. The first-order valence-electron chi connectivity index (χ1n) is 9.03. The van der Waals surface area contributed by atoms with Gasteiger partial charge in [-0.1, -0.05) is 11.6 Å². The minimum Gasteiger partial charge on any atom is -0.503 e. The van der Waals surface area contributed by atoms with Crippen molar-refractivity contribution in [3.8, 4) is 11.5 Å². The van der Waals surface area contributed by atoms with Gasteiger partial charge in [-0.3, -0.25) is 20.3 Å². The molecule has 3 aromatic rings. The molecule has 3 aromatic carbocycles. The van der Waals surface area contributed by atoms with E-state index in [0.29, 0.717) is 15.1 Å². The molecule has 0 aromatic heterocycles. The summed E-state index contributed by atoms with van der Waals surface area (Å²) in [5.74, 6) is 0.122. The van der Waals surface area contributed by atoms with E-state index in [0.717, 1.165) is 12.1 Å². The molecule has 0 aliphatic rings. The zero-order chi connectivity index (χ0) is 24.2. The lowest BCUT2D eigenvalue weighted by molar-refractivity contribution is -0.385. The maximum atomic E-state index is 13.0. The fraction of sp³-hybridized carbons (Fsp3) is 0.0500. The minimum absolute atomic E-state index is 0.00289. The van der Waals surface area contributed by atoms with E-state index in [1.54, 1.807) is 6.07 Å². The molecule has 3 N–H and O–H groups in total. The lowest BCUT2D eigenvalue weighted by atomic mass is 10.2. The Bertz CT molecular complexity index is 1330. The topological polar surface area (TPSA) is 143 Å². The second kappa shape index (κ2) is 10.1. The number of hydrogen-bond acceptors (Lipinski definition) is 8. The number of ether oxygens (including phenoxy) is 1. The summed E-state index contributed by atoms with van der Waals surface area (Å²) in [5, 5.41) is 25.5. The third-order valence-electron chi connectivity index (χ3n) is 4.23. The molecule has 0 bridgehead atoms. The first-order chi connectivity index (χ1) is 15.6. The Morgan fingerprint density at radius 1 is 1.18 bits per heavy atom. The van der Waals surface area contributed by atoms with Crippen LogP contribution in [0.4, 0.5) is 17.1 Å². The third-order valence-corrected chi connectivity index (χ3v) is 6.51. The van der Waals surface area contributed by atoms with Gasteiger partial charge in [0.2, 0.25) is 0 Å². The number of hydrazone groups is 1. The Morgan fingerprint density at radius 3 is 2.52 bits per heavy atom. The average molecular weight is 556 g/mol. The zero-order valence-corrected chi connectivity index (χ0v) is 20.0. The van der Waals surface area contributed by atoms with Crippen LogP contribution >= 0.6 is 27.5 Å². The molecule has 0 amide bonds. The lowest BCUT2D eigenvalue weighted by Gasteiger charge is -2.12. The number of phenols is 1. The molecular weight excluding hydrogens is 540 g/mol. The van der Waals surface area contributed by atoms with Crippen LogP contribution in [-0.2, 0) is 10.0 Å². The van der Waals surface area contributed by atoms with Gasteiger partial charge in [-0.05, 0) is 64.0 Å². The van der Waals surface area contributed by atoms with Crippen molar-refractivity contribution in [3.05, 3.63) is 79.8 Å². The Morgan fingerprint density at radius 2 is 1.88 bits per heavy atom. The second-order valence-corrected chi connectivity index (χ2v) is 9.42. The summed E-state index contributed by atoms with van der Waals surface area (Å²) in [6.45, 7) is 0. The number of nitrogens with zero attached hydrogens (tertiary/aromatic N) is 2. The van der Waals surface area contributed by atoms with Crippen molar-refractivity contribution in [2.45, 2.75) is 4.90 Å². The highest BCUT2D eigenvalue weighted by molar-refractivity contribution is 9.10. The Labute approximate surface area is 202 Å². The van der Waals surface area contributed by atoms with E-state index in [1.807, 2.05) is 0 Å².